The van der Waals surface area contributed by atoms with Crippen LogP contribution < -0.4 is 5.32 Å². The Kier molecular flexibility index (Phi) is 4.85. The van der Waals surface area contributed by atoms with Crippen molar-refractivity contribution in [1.29, 1.82) is 0 Å². The van der Waals surface area contributed by atoms with Crippen LogP contribution in [0.25, 0.3) is 0 Å². The molecule has 0 bridgehead atoms. The van der Waals surface area contributed by atoms with E-state index >= 15 is 0 Å². The predicted octanol–water partition coefficient (Wildman–Crippen LogP) is 4.04. The molecule has 0 aromatic heterocycles. The van der Waals surface area contributed by atoms with Crippen LogP contribution in [0.2, 0.25) is 0 Å². The molecule has 0 fully saturated rings. The summed E-state index contributed by atoms with van der Waals surface area (Å²) < 4.78 is 27.4. The van der Waals surface area contributed by atoms with Gasteiger partial charge in [0.2, 0.25) is 0 Å². The van der Waals surface area contributed by atoms with Crippen LogP contribution in [0.5, 0.6) is 0 Å². The lowest BCUT2D eigenvalue weighted by atomic mass is 9.98. The van der Waals surface area contributed by atoms with Gasteiger partial charge in [0.15, 0.2) is 0 Å². The Bertz CT molecular complexity index is 437. The summed E-state index contributed by atoms with van der Waals surface area (Å²) in [6.07, 6.45) is 1.61. The monoisotopic (exact) mass is 319 g/mol. The van der Waals surface area contributed by atoms with E-state index in [0.717, 1.165) is 25.0 Å². The standard InChI is InChI=1S/C13H16BrF2NO/c1-4-5-13(2,3)17-12(18)11-9(15)6-8(14)7-10(11)16/h6-7H,4-5H2,1-3H3,(H,17,18). The number of carbonyl (C=O) groups is 1. The lowest BCUT2D eigenvalue weighted by Gasteiger charge is -2.26. The molecule has 0 heterocycles. The molecule has 100 valence electrons. The zero-order valence-electron chi connectivity index (χ0n) is 10.6. The van der Waals surface area contributed by atoms with Gasteiger partial charge < -0.3 is 5.32 Å². The smallest absolute Gasteiger partial charge is 0.257 e. The molecule has 0 saturated carbocycles. The van der Waals surface area contributed by atoms with Gasteiger partial charge in [0.25, 0.3) is 5.91 Å². The Morgan fingerprint density at radius 2 is 1.83 bits per heavy atom. The first-order chi connectivity index (χ1) is 8.26. The molecule has 2 nitrogen and oxygen atoms in total. The third-order valence-electron chi connectivity index (χ3n) is 2.56. The summed E-state index contributed by atoms with van der Waals surface area (Å²) in [6, 6.07) is 2.15. The van der Waals surface area contributed by atoms with Gasteiger partial charge in [0.1, 0.15) is 17.2 Å². The topological polar surface area (TPSA) is 29.1 Å². The summed E-state index contributed by atoms with van der Waals surface area (Å²) in [5, 5.41) is 2.64. The van der Waals surface area contributed by atoms with E-state index in [0.29, 0.717) is 0 Å². The molecule has 0 aliphatic carbocycles. The Hall–Kier alpha value is -0.970. The van der Waals surface area contributed by atoms with E-state index < -0.39 is 28.6 Å². The third kappa shape index (κ3) is 3.77. The molecule has 1 N–H and O–H groups in total. The van der Waals surface area contributed by atoms with E-state index in [1.165, 1.54) is 0 Å². The van der Waals surface area contributed by atoms with Crippen LogP contribution in [0.1, 0.15) is 44.0 Å². The molecular weight excluding hydrogens is 304 g/mol. The van der Waals surface area contributed by atoms with Crippen molar-refractivity contribution < 1.29 is 13.6 Å². The van der Waals surface area contributed by atoms with E-state index in [4.69, 9.17) is 0 Å². The number of amides is 1. The summed E-state index contributed by atoms with van der Waals surface area (Å²) in [5.74, 6) is -2.46. The molecule has 1 rings (SSSR count). The summed E-state index contributed by atoms with van der Waals surface area (Å²) in [4.78, 5) is 11.9. The Morgan fingerprint density at radius 3 is 2.28 bits per heavy atom. The zero-order valence-corrected chi connectivity index (χ0v) is 12.2. The maximum Gasteiger partial charge on any atom is 0.257 e. The lowest BCUT2D eigenvalue weighted by molar-refractivity contribution is 0.0900. The van der Waals surface area contributed by atoms with Gasteiger partial charge in [-0.3, -0.25) is 4.79 Å². The number of hydrogen-bond acceptors (Lipinski definition) is 1. The number of benzene rings is 1. The number of carbonyl (C=O) groups excluding carboxylic acids is 1. The number of rotatable bonds is 4. The Morgan fingerprint density at radius 1 is 1.33 bits per heavy atom. The van der Waals surface area contributed by atoms with Gasteiger partial charge in [-0.1, -0.05) is 29.3 Å². The van der Waals surface area contributed by atoms with Crippen molar-refractivity contribution in [1.82, 2.24) is 5.32 Å². The van der Waals surface area contributed by atoms with E-state index in [1.807, 2.05) is 20.8 Å². The van der Waals surface area contributed by atoms with Gasteiger partial charge in [0.05, 0.1) is 0 Å². The fraction of sp³-hybridized carbons (Fsp3) is 0.462. The van der Waals surface area contributed by atoms with Crippen molar-refractivity contribution in [3.05, 3.63) is 33.8 Å². The molecule has 18 heavy (non-hydrogen) atoms. The molecule has 0 saturated heterocycles. The van der Waals surface area contributed by atoms with Crippen LogP contribution >= 0.6 is 15.9 Å². The fourth-order valence-corrected chi connectivity index (χ4v) is 2.22. The van der Waals surface area contributed by atoms with Crippen LogP contribution in [0, 0.1) is 11.6 Å². The largest absolute Gasteiger partial charge is 0.347 e. The highest BCUT2D eigenvalue weighted by atomic mass is 79.9. The molecule has 0 spiro atoms. The molecule has 0 aliphatic rings. The van der Waals surface area contributed by atoms with Gasteiger partial charge >= 0.3 is 0 Å². The first kappa shape index (κ1) is 15.1. The molecule has 0 unspecified atom stereocenters. The van der Waals surface area contributed by atoms with Crippen LogP contribution in [0.3, 0.4) is 0 Å². The van der Waals surface area contributed by atoms with Crippen molar-refractivity contribution in [3.8, 4) is 0 Å². The number of nitrogens with one attached hydrogen (secondary N) is 1. The minimum absolute atomic E-state index is 0.266. The van der Waals surface area contributed by atoms with Crippen LogP contribution in [0.15, 0.2) is 16.6 Å². The van der Waals surface area contributed by atoms with E-state index in [1.54, 1.807) is 0 Å². The summed E-state index contributed by atoms with van der Waals surface area (Å²) in [7, 11) is 0. The van der Waals surface area contributed by atoms with E-state index in [9.17, 15) is 13.6 Å². The molecule has 5 heteroatoms. The fourth-order valence-electron chi connectivity index (χ4n) is 1.82. The van der Waals surface area contributed by atoms with Crippen molar-refractivity contribution in [2.75, 3.05) is 0 Å². The van der Waals surface area contributed by atoms with Crippen molar-refractivity contribution >= 4 is 21.8 Å². The first-order valence-electron chi connectivity index (χ1n) is 5.74. The minimum atomic E-state index is -0.869. The molecule has 1 aromatic rings. The van der Waals surface area contributed by atoms with Crippen LogP contribution in [0.4, 0.5) is 8.78 Å². The average molecular weight is 320 g/mol. The highest BCUT2D eigenvalue weighted by molar-refractivity contribution is 9.10. The summed E-state index contributed by atoms with van der Waals surface area (Å²) >= 11 is 2.97. The van der Waals surface area contributed by atoms with Gasteiger partial charge in [-0.15, -0.1) is 0 Å². The second-order valence-corrected chi connectivity index (χ2v) is 5.75. The van der Waals surface area contributed by atoms with Crippen LogP contribution in [-0.2, 0) is 0 Å². The van der Waals surface area contributed by atoms with Gasteiger partial charge in [-0.25, -0.2) is 8.78 Å². The molecule has 0 aliphatic heterocycles. The van der Waals surface area contributed by atoms with Crippen molar-refractivity contribution in [2.45, 2.75) is 39.2 Å². The SMILES string of the molecule is CCCC(C)(C)NC(=O)c1c(F)cc(Br)cc1F. The van der Waals surface area contributed by atoms with Gasteiger partial charge in [-0.05, 0) is 32.4 Å². The molecule has 0 radical (unpaired) electrons. The maximum atomic E-state index is 13.6. The molecule has 1 aromatic carbocycles. The van der Waals surface area contributed by atoms with Crippen molar-refractivity contribution in [3.63, 3.8) is 0 Å². The zero-order chi connectivity index (χ0) is 13.9. The lowest BCUT2D eigenvalue weighted by Crippen LogP contribution is -2.43. The summed E-state index contributed by atoms with van der Waals surface area (Å²) in [5.41, 5.74) is -1.03. The maximum absolute atomic E-state index is 13.6. The first-order valence-corrected chi connectivity index (χ1v) is 6.53. The molecule has 1 amide bonds. The van der Waals surface area contributed by atoms with E-state index in [2.05, 4.69) is 21.2 Å². The van der Waals surface area contributed by atoms with Crippen molar-refractivity contribution in [2.24, 2.45) is 0 Å². The molecule has 0 atom stereocenters. The Balaban J connectivity index is 2.98. The van der Waals surface area contributed by atoms with E-state index in [-0.39, 0.29) is 4.47 Å². The third-order valence-corrected chi connectivity index (χ3v) is 3.02. The van der Waals surface area contributed by atoms with Gasteiger partial charge in [0, 0.05) is 10.0 Å². The average Bonchev–Trinajstić information content (AvgIpc) is 2.13. The highest BCUT2D eigenvalue weighted by Gasteiger charge is 2.24. The Labute approximate surface area is 114 Å². The number of hydrogen-bond donors (Lipinski definition) is 1. The minimum Gasteiger partial charge on any atom is -0.347 e. The van der Waals surface area contributed by atoms with Gasteiger partial charge in [-0.2, -0.15) is 0 Å². The molecular formula is C13H16BrF2NO. The quantitative estimate of drug-likeness (QED) is 0.891. The normalized spacial score (nSPS) is 11.4. The summed E-state index contributed by atoms with van der Waals surface area (Å²) in [6.45, 7) is 5.63. The van der Waals surface area contributed by atoms with Crippen LogP contribution in [-0.4, -0.2) is 11.4 Å². The second kappa shape index (κ2) is 5.78. The second-order valence-electron chi connectivity index (χ2n) is 4.83. The predicted molar refractivity (Wildman–Crippen MR) is 70.5 cm³/mol. The highest BCUT2D eigenvalue weighted by Crippen LogP contribution is 2.20. The number of halogens is 3.